The van der Waals surface area contributed by atoms with E-state index in [1.54, 1.807) is 28.8 Å². The average Bonchev–Trinajstić information content (AvgIpc) is 2.58. The number of halogens is 1. The van der Waals surface area contributed by atoms with E-state index in [1.807, 2.05) is 25.1 Å². The van der Waals surface area contributed by atoms with Gasteiger partial charge in [0.1, 0.15) is 0 Å². The molecule has 5 nitrogen and oxygen atoms in total. The van der Waals surface area contributed by atoms with Gasteiger partial charge in [0.25, 0.3) is 0 Å². The third kappa shape index (κ3) is 3.19. The Morgan fingerprint density at radius 3 is 2.87 bits per heavy atom. The van der Waals surface area contributed by atoms with Crippen molar-refractivity contribution in [3.63, 3.8) is 0 Å². The largest absolute Gasteiger partial charge is 0.313 e. The summed E-state index contributed by atoms with van der Waals surface area (Å²) < 4.78 is 28.6. The summed E-state index contributed by atoms with van der Waals surface area (Å²) in [5.41, 5.74) is 1.80. The number of nitrogens with one attached hydrogen (secondary N) is 1. The molecule has 2 heterocycles. The first-order chi connectivity index (χ1) is 11.0. The molecule has 1 aliphatic rings. The molecule has 0 radical (unpaired) electrons. The Morgan fingerprint density at radius 1 is 1.30 bits per heavy atom. The topological polar surface area (TPSA) is 62.3 Å². The third-order valence-electron chi connectivity index (χ3n) is 4.01. The van der Waals surface area contributed by atoms with Gasteiger partial charge in [0.05, 0.1) is 10.9 Å². The van der Waals surface area contributed by atoms with Crippen LogP contribution in [0.1, 0.15) is 17.2 Å². The number of sulfonamides is 1. The van der Waals surface area contributed by atoms with Crippen LogP contribution in [-0.4, -0.2) is 37.3 Å². The Balaban J connectivity index is 2.05. The molecule has 1 fully saturated rings. The molecule has 23 heavy (non-hydrogen) atoms. The number of hydrogen-bond donors (Lipinski definition) is 1. The Bertz CT molecular complexity index is 796. The van der Waals surface area contributed by atoms with Crippen molar-refractivity contribution < 1.29 is 8.42 Å². The maximum Gasteiger partial charge on any atom is 0.244 e. The first kappa shape index (κ1) is 16.6. The Labute approximate surface area is 144 Å². The minimum absolute atomic E-state index is 0.255. The maximum absolute atomic E-state index is 13.2. The monoisotopic (exact) mass is 395 g/mol. The number of hydrogen-bond acceptors (Lipinski definition) is 4. The van der Waals surface area contributed by atoms with Crippen LogP contribution in [0.4, 0.5) is 0 Å². The molecule has 1 aliphatic heterocycles. The van der Waals surface area contributed by atoms with Gasteiger partial charge in [-0.1, -0.05) is 18.2 Å². The van der Waals surface area contributed by atoms with Gasteiger partial charge in [-0.2, -0.15) is 4.31 Å². The molecule has 7 heteroatoms. The highest BCUT2D eigenvalue weighted by atomic mass is 79.9. The van der Waals surface area contributed by atoms with Crippen molar-refractivity contribution >= 4 is 26.0 Å². The van der Waals surface area contributed by atoms with E-state index in [4.69, 9.17) is 0 Å². The van der Waals surface area contributed by atoms with Gasteiger partial charge in [-0.15, -0.1) is 0 Å². The molecule has 0 bridgehead atoms. The summed E-state index contributed by atoms with van der Waals surface area (Å²) in [6.45, 7) is 3.54. The van der Waals surface area contributed by atoms with Crippen LogP contribution in [0, 0.1) is 6.92 Å². The number of aromatic nitrogens is 1. The summed E-state index contributed by atoms with van der Waals surface area (Å²) in [6, 6.07) is 8.80. The molecule has 1 aromatic carbocycles. The minimum atomic E-state index is -3.59. The van der Waals surface area contributed by atoms with Crippen LogP contribution in [0.15, 0.2) is 52.1 Å². The molecule has 0 saturated carbocycles. The van der Waals surface area contributed by atoms with E-state index in [0.29, 0.717) is 29.0 Å². The van der Waals surface area contributed by atoms with E-state index in [2.05, 4.69) is 26.2 Å². The third-order valence-corrected chi connectivity index (χ3v) is 7.27. The molecular formula is C16H18BrN3O2S. The van der Waals surface area contributed by atoms with Gasteiger partial charge in [0.15, 0.2) is 0 Å². The number of rotatable bonds is 3. The van der Waals surface area contributed by atoms with Crippen molar-refractivity contribution in [1.29, 1.82) is 0 Å². The Hall–Kier alpha value is -1.28. The van der Waals surface area contributed by atoms with Gasteiger partial charge >= 0.3 is 0 Å². The van der Waals surface area contributed by atoms with E-state index in [1.165, 1.54) is 0 Å². The molecule has 1 N–H and O–H groups in total. The number of nitrogens with zero attached hydrogens (tertiary/aromatic N) is 2. The maximum atomic E-state index is 13.2. The van der Waals surface area contributed by atoms with E-state index in [9.17, 15) is 8.42 Å². The fourth-order valence-electron chi connectivity index (χ4n) is 2.78. The van der Waals surface area contributed by atoms with Crippen LogP contribution in [0.25, 0.3) is 0 Å². The molecule has 0 amide bonds. The van der Waals surface area contributed by atoms with E-state index in [0.717, 1.165) is 11.1 Å². The summed E-state index contributed by atoms with van der Waals surface area (Å²) in [7, 11) is -3.59. The summed E-state index contributed by atoms with van der Waals surface area (Å²) in [6.07, 6.45) is 3.42. The van der Waals surface area contributed by atoms with Crippen molar-refractivity contribution in [2.75, 3.05) is 19.6 Å². The fraction of sp³-hybridized carbons (Fsp3) is 0.312. The van der Waals surface area contributed by atoms with Gasteiger partial charge in [0.2, 0.25) is 10.0 Å². The van der Waals surface area contributed by atoms with Crippen LogP contribution in [-0.2, 0) is 10.0 Å². The molecule has 1 unspecified atom stereocenters. The lowest BCUT2D eigenvalue weighted by Gasteiger charge is -2.35. The van der Waals surface area contributed by atoms with E-state index in [-0.39, 0.29) is 6.04 Å². The molecule has 2 aromatic rings. The molecule has 122 valence electrons. The van der Waals surface area contributed by atoms with Crippen LogP contribution in [0.3, 0.4) is 0 Å². The van der Waals surface area contributed by atoms with Crippen molar-refractivity contribution in [2.24, 2.45) is 0 Å². The first-order valence-corrected chi connectivity index (χ1v) is 9.62. The van der Waals surface area contributed by atoms with Crippen LogP contribution < -0.4 is 5.32 Å². The lowest BCUT2D eigenvalue weighted by Crippen LogP contribution is -2.48. The molecular weight excluding hydrogens is 378 g/mol. The second kappa shape index (κ2) is 6.68. The summed E-state index contributed by atoms with van der Waals surface area (Å²) >= 11 is 3.43. The lowest BCUT2D eigenvalue weighted by atomic mass is 10.1. The van der Waals surface area contributed by atoms with Crippen molar-refractivity contribution in [1.82, 2.24) is 14.6 Å². The number of aryl methyl sites for hydroxylation is 1. The molecule has 1 aromatic heterocycles. The second-order valence-electron chi connectivity index (χ2n) is 5.51. The van der Waals surface area contributed by atoms with E-state index >= 15 is 0 Å². The summed E-state index contributed by atoms with van der Waals surface area (Å²) in [4.78, 5) is 4.44. The highest BCUT2D eigenvalue weighted by Gasteiger charge is 2.35. The highest BCUT2D eigenvalue weighted by molar-refractivity contribution is 9.10. The van der Waals surface area contributed by atoms with Gasteiger partial charge in [-0.3, -0.25) is 4.98 Å². The van der Waals surface area contributed by atoms with Crippen LogP contribution in [0.5, 0.6) is 0 Å². The van der Waals surface area contributed by atoms with Crippen LogP contribution in [0.2, 0.25) is 0 Å². The summed E-state index contributed by atoms with van der Waals surface area (Å²) in [5, 5.41) is 3.27. The quantitative estimate of drug-likeness (QED) is 0.866. The zero-order chi connectivity index (χ0) is 16.4. The van der Waals surface area contributed by atoms with Gasteiger partial charge in [-0.25, -0.2) is 8.42 Å². The first-order valence-electron chi connectivity index (χ1n) is 7.39. The van der Waals surface area contributed by atoms with Gasteiger partial charge in [0, 0.05) is 36.5 Å². The second-order valence-corrected chi connectivity index (χ2v) is 8.16. The molecule has 1 atom stereocenters. The smallest absolute Gasteiger partial charge is 0.244 e. The van der Waals surface area contributed by atoms with Crippen molar-refractivity contribution in [2.45, 2.75) is 17.9 Å². The predicted octanol–water partition coefficient (Wildman–Crippen LogP) is 2.49. The normalized spacial score (nSPS) is 19.7. The zero-order valence-electron chi connectivity index (χ0n) is 12.7. The zero-order valence-corrected chi connectivity index (χ0v) is 15.1. The van der Waals surface area contributed by atoms with Gasteiger partial charge < -0.3 is 5.32 Å². The number of piperazine rings is 1. The van der Waals surface area contributed by atoms with Gasteiger partial charge in [-0.05, 0) is 46.1 Å². The van der Waals surface area contributed by atoms with Crippen LogP contribution >= 0.6 is 15.9 Å². The molecule has 3 rings (SSSR count). The van der Waals surface area contributed by atoms with Crippen molar-refractivity contribution in [3.05, 3.63) is 58.3 Å². The average molecular weight is 396 g/mol. The standard InChI is InChI=1S/C16H18BrN3O2S/c1-12-4-2-6-15(16(12)17)23(21,22)20-9-8-19-11-14(20)13-5-3-7-18-10-13/h2-7,10,14,19H,8-9,11H2,1H3. The number of benzene rings is 1. The SMILES string of the molecule is Cc1cccc(S(=O)(=O)N2CCNCC2c2cccnc2)c1Br. The molecule has 1 saturated heterocycles. The fourth-order valence-corrected chi connectivity index (χ4v) is 5.41. The molecule has 0 spiro atoms. The van der Waals surface area contributed by atoms with Crippen molar-refractivity contribution in [3.8, 4) is 0 Å². The Kier molecular flexibility index (Phi) is 4.82. The summed E-state index contributed by atoms with van der Waals surface area (Å²) in [5.74, 6) is 0. The molecule has 0 aliphatic carbocycles. The highest BCUT2D eigenvalue weighted by Crippen LogP contribution is 2.33. The number of pyridine rings is 1. The predicted molar refractivity (Wildman–Crippen MR) is 92.6 cm³/mol. The van der Waals surface area contributed by atoms with E-state index < -0.39 is 10.0 Å². The minimum Gasteiger partial charge on any atom is -0.313 e. The Morgan fingerprint density at radius 2 is 2.13 bits per heavy atom. The lowest BCUT2D eigenvalue weighted by molar-refractivity contribution is 0.271.